The third kappa shape index (κ3) is 4.34. The summed E-state index contributed by atoms with van der Waals surface area (Å²) in [6.07, 6.45) is 0. The maximum absolute atomic E-state index is 12.5. The molecule has 1 amide bonds. The van der Waals surface area contributed by atoms with Crippen LogP contribution >= 0.6 is 0 Å². The maximum Gasteiger partial charge on any atom is 0.241 e. The Hall–Kier alpha value is -2.73. The lowest BCUT2D eigenvalue weighted by atomic mass is 10.1. The highest BCUT2D eigenvalue weighted by atomic mass is 16.7. The lowest BCUT2D eigenvalue weighted by Gasteiger charge is -2.35. The van der Waals surface area contributed by atoms with Gasteiger partial charge in [-0.1, -0.05) is 18.2 Å². The number of amides is 1. The fourth-order valence-electron chi connectivity index (χ4n) is 3.50. The van der Waals surface area contributed by atoms with Gasteiger partial charge in [-0.25, -0.2) is 0 Å². The number of benzene rings is 2. The van der Waals surface area contributed by atoms with Crippen molar-refractivity contribution >= 4 is 11.6 Å². The Bertz CT molecular complexity index is 816. The van der Waals surface area contributed by atoms with Crippen molar-refractivity contribution < 1.29 is 14.3 Å². The fourth-order valence-corrected chi connectivity index (χ4v) is 3.50. The summed E-state index contributed by atoms with van der Waals surface area (Å²) >= 11 is 0. The molecule has 0 aromatic heterocycles. The number of ether oxygens (including phenoxy) is 2. The minimum Gasteiger partial charge on any atom is -0.454 e. The van der Waals surface area contributed by atoms with Crippen LogP contribution in [0.25, 0.3) is 0 Å². The van der Waals surface area contributed by atoms with Crippen molar-refractivity contribution in [2.45, 2.75) is 13.5 Å². The van der Waals surface area contributed by atoms with Crippen molar-refractivity contribution in [3.8, 4) is 11.5 Å². The van der Waals surface area contributed by atoms with Gasteiger partial charge in [0.05, 0.1) is 6.54 Å². The lowest BCUT2D eigenvalue weighted by molar-refractivity contribution is -0.131. The number of anilines is 1. The fraction of sp³-hybridized carbons (Fsp3) is 0.381. The van der Waals surface area contributed by atoms with Gasteiger partial charge in [0, 0.05) is 38.4 Å². The normalized spacial score (nSPS) is 16.4. The number of nitrogens with zero attached hydrogens (tertiary/aromatic N) is 2. The summed E-state index contributed by atoms with van der Waals surface area (Å²) in [6.45, 7) is 6.83. The van der Waals surface area contributed by atoms with Gasteiger partial charge in [0.15, 0.2) is 11.5 Å². The van der Waals surface area contributed by atoms with E-state index in [0.29, 0.717) is 13.3 Å². The van der Waals surface area contributed by atoms with Crippen molar-refractivity contribution in [1.82, 2.24) is 9.80 Å². The molecule has 0 unspecified atom stereocenters. The molecule has 4 rings (SSSR count). The third-order valence-corrected chi connectivity index (χ3v) is 5.03. The lowest BCUT2D eigenvalue weighted by Crippen LogP contribution is -2.49. The summed E-state index contributed by atoms with van der Waals surface area (Å²) in [4.78, 5) is 16.8. The summed E-state index contributed by atoms with van der Waals surface area (Å²) in [6, 6.07) is 14.2. The van der Waals surface area contributed by atoms with Gasteiger partial charge in [0.1, 0.15) is 0 Å². The molecular formula is C21H25N3O3. The van der Waals surface area contributed by atoms with E-state index in [-0.39, 0.29) is 5.91 Å². The predicted octanol–water partition coefficient (Wildman–Crippen LogP) is 2.48. The Labute approximate surface area is 159 Å². The Morgan fingerprint density at radius 2 is 1.85 bits per heavy atom. The van der Waals surface area contributed by atoms with Crippen LogP contribution in [0.4, 0.5) is 5.69 Å². The van der Waals surface area contributed by atoms with Crippen molar-refractivity contribution in [2.75, 3.05) is 44.8 Å². The molecule has 6 nitrogen and oxygen atoms in total. The summed E-state index contributed by atoms with van der Waals surface area (Å²) in [5, 5.41) is 3.23. The van der Waals surface area contributed by atoms with E-state index in [0.717, 1.165) is 49.9 Å². The van der Waals surface area contributed by atoms with Crippen LogP contribution in [0.15, 0.2) is 42.5 Å². The maximum atomic E-state index is 12.5. The van der Waals surface area contributed by atoms with E-state index < -0.39 is 0 Å². The molecule has 0 aliphatic carbocycles. The molecule has 2 aliphatic rings. The number of carbonyl (C=O) groups is 1. The van der Waals surface area contributed by atoms with Crippen LogP contribution in [0.5, 0.6) is 11.5 Å². The summed E-state index contributed by atoms with van der Waals surface area (Å²) in [5.74, 6) is 1.79. The average molecular weight is 367 g/mol. The van der Waals surface area contributed by atoms with Crippen molar-refractivity contribution in [3.05, 3.63) is 53.6 Å². The number of rotatable bonds is 5. The zero-order valence-electron chi connectivity index (χ0n) is 15.6. The molecule has 1 saturated heterocycles. The van der Waals surface area contributed by atoms with Crippen LogP contribution in [-0.4, -0.2) is 55.2 Å². The molecule has 0 atom stereocenters. The van der Waals surface area contributed by atoms with Crippen LogP contribution in [0, 0.1) is 6.92 Å². The summed E-state index contributed by atoms with van der Waals surface area (Å²) in [7, 11) is 0. The average Bonchev–Trinajstić information content (AvgIpc) is 3.15. The second-order valence-corrected chi connectivity index (χ2v) is 7.07. The van der Waals surface area contributed by atoms with Crippen LogP contribution < -0.4 is 14.8 Å². The highest BCUT2D eigenvalue weighted by Gasteiger charge is 2.21. The zero-order chi connectivity index (χ0) is 18.6. The van der Waals surface area contributed by atoms with E-state index in [9.17, 15) is 4.79 Å². The molecule has 0 bridgehead atoms. The SMILES string of the molecule is Cc1cccc(NCC(=O)N2CCN(Cc3ccc4c(c3)OCO4)CC2)c1. The number of carbonyl (C=O) groups excluding carboxylic acids is 1. The predicted molar refractivity (Wildman–Crippen MR) is 104 cm³/mol. The molecule has 2 aromatic rings. The van der Waals surface area contributed by atoms with E-state index in [1.807, 2.05) is 42.2 Å². The smallest absolute Gasteiger partial charge is 0.241 e. The van der Waals surface area contributed by atoms with Gasteiger partial charge in [-0.3, -0.25) is 9.69 Å². The van der Waals surface area contributed by atoms with Crippen molar-refractivity contribution in [3.63, 3.8) is 0 Å². The quantitative estimate of drug-likeness (QED) is 0.880. The first-order valence-electron chi connectivity index (χ1n) is 9.36. The van der Waals surface area contributed by atoms with E-state index in [4.69, 9.17) is 9.47 Å². The van der Waals surface area contributed by atoms with Gasteiger partial charge in [-0.2, -0.15) is 0 Å². The van der Waals surface area contributed by atoms with Crippen LogP contribution in [0.1, 0.15) is 11.1 Å². The molecule has 0 saturated carbocycles. The second kappa shape index (κ2) is 7.88. The first-order valence-corrected chi connectivity index (χ1v) is 9.36. The molecule has 2 aromatic carbocycles. The highest BCUT2D eigenvalue weighted by Crippen LogP contribution is 2.32. The van der Waals surface area contributed by atoms with Crippen LogP contribution in [-0.2, 0) is 11.3 Å². The van der Waals surface area contributed by atoms with Gasteiger partial charge in [0.2, 0.25) is 12.7 Å². The number of piperazine rings is 1. The third-order valence-electron chi connectivity index (χ3n) is 5.03. The first kappa shape index (κ1) is 17.7. The minimum absolute atomic E-state index is 0.152. The van der Waals surface area contributed by atoms with Crippen LogP contribution in [0.2, 0.25) is 0 Å². The molecular weight excluding hydrogens is 342 g/mol. The Morgan fingerprint density at radius 1 is 1.04 bits per heavy atom. The monoisotopic (exact) mass is 367 g/mol. The van der Waals surface area contributed by atoms with Gasteiger partial charge in [-0.05, 0) is 42.3 Å². The number of hydrogen-bond donors (Lipinski definition) is 1. The number of nitrogens with one attached hydrogen (secondary N) is 1. The van der Waals surface area contributed by atoms with Gasteiger partial charge in [0.25, 0.3) is 0 Å². The highest BCUT2D eigenvalue weighted by molar-refractivity contribution is 5.81. The molecule has 0 radical (unpaired) electrons. The van der Waals surface area contributed by atoms with Crippen molar-refractivity contribution in [1.29, 1.82) is 0 Å². The molecule has 2 aliphatic heterocycles. The van der Waals surface area contributed by atoms with E-state index in [1.165, 1.54) is 11.1 Å². The zero-order valence-corrected chi connectivity index (χ0v) is 15.6. The second-order valence-electron chi connectivity index (χ2n) is 7.07. The van der Waals surface area contributed by atoms with E-state index >= 15 is 0 Å². The molecule has 27 heavy (non-hydrogen) atoms. The summed E-state index contributed by atoms with van der Waals surface area (Å²) < 4.78 is 10.8. The number of aryl methyl sites for hydroxylation is 1. The van der Waals surface area contributed by atoms with Crippen LogP contribution in [0.3, 0.4) is 0 Å². The largest absolute Gasteiger partial charge is 0.454 e. The topological polar surface area (TPSA) is 54.0 Å². The van der Waals surface area contributed by atoms with Gasteiger partial charge >= 0.3 is 0 Å². The molecule has 1 N–H and O–H groups in total. The Morgan fingerprint density at radius 3 is 2.67 bits per heavy atom. The Kier molecular flexibility index (Phi) is 5.16. The molecule has 142 valence electrons. The molecule has 0 spiro atoms. The van der Waals surface area contributed by atoms with Crippen molar-refractivity contribution in [2.24, 2.45) is 0 Å². The number of fused-ring (bicyclic) bond motifs is 1. The van der Waals surface area contributed by atoms with Gasteiger partial charge < -0.3 is 19.7 Å². The Balaban J connectivity index is 1.24. The molecule has 2 heterocycles. The summed E-state index contributed by atoms with van der Waals surface area (Å²) in [5.41, 5.74) is 3.38. The van der Waals surface area contributed by atoms with E-state index in [2.05, 4.69) is 22.3 Å². The van der Waals surface area contributed by atoms with E-state index in [1.54, 1.807) is 0 Å². The molecule has 1 fully saturated rings. The molecule has 6 heteroatoms. The standard InChI is InChI=1S/C21H25N3O3/c1-16-3-2-4-18(11-16)22-13-21(25)24-9-7-23(8-10-24)14-17-5-6-19-20(12-17)27-15-26-19/h2-6,11-12,22H,7-10,13-15H2,1H3. The van der Waals surface area contributed by atoms with Gasteiger partial charge in [-0.15, -0.1) is 0 Å². The number of hydrogen-bond acceptors (Lipinski definition) is 5. The minimum atomic E-state index is 0.152. The first-order chi connectivity index (χ1) is 13.2.